The highest BCUT2D eigenvalue weighted by atomic mass is 32.1. The van der Waals surface area contributed by atoms with Crippen LogP contribution in [0.5, 0.6) is 0 Å². The molecule has 2 saturated heterocycles. The molecule has 1 atom stereocenters. The van der Waals surface area contributed by atoms with Crippen LogP contribution in [0.2, 0.25) is 0 Å². The quantitative estimate of drug-likeness (QED) is 0.847. The molecule has 2 aliphatic rings. The number of hydrogen-bond donors (Lipinski definition) is 1. The average Bonchev–Trinajstić information content (AvgIpc) is 3.40. The van der Waals surface area contributed by atoms with Crippen LogP contribution in [0.4, 0.5) is 14.7 Å². The Kier molecular flexibility index (Phi) is 5.02. The highest BCUT2D eigenvalue weighted by Crippen LogP contribution is 2.33. The Hall–Kier alpha value is -2.55. The fourth-order valence-electron chi connectivity index (χ4n) is 3.46. The Morgan fingerprint density at radius 1 is 1.19 bits per heavy atom. The van der Waals surface area contributed by atoms with Crippen molar-refractivity contribution >= 4 is 33.4 Å². The number of halogens is 1. The number of nitrogens with zero attached hydrogens (tertiary/aromatic N) is 4. The van der Waals surface area contributed by atoms with Gasteiger partial charge in [-0.3, -0.25) is 14.5 Å². The second kappa shape index (κ2) is 7.59. The standard InChI is InChI=1S/C18H20FN5O2S/c19-13-7-5-12(6-8-13)11-20-16(26)14-3-1-9-23(14)17-21-22-18(27-17)24-10-2-4-15(24)25/h5-8,14H,1-4,9-11H2,(H,20,26)/t14-/m0/s1. The predicted octanol–water partition coefficient (Wildman–Crippen LogP) is 2.09. The fourth-order valence-corrected chi connectivity index (χ4v) is 4.43. The molecule has 2 aliphatic heterocycles. The lowest BCUT2D eigenvalue weighted by Gasteiger charge is -2.22. The van der Waals surface area contributed by atoms with Crippen molar-refractivity contribution in [2.24, 2.45) is 0 Å². The monoisotopic (exact) mass is 389 g/mol. The molecule has 9 heteroatoms. The number of amides is 2. The highest BCUT2D eigenvalue weighted by Gasteiger charge is 2.34. The molecule has 3 heterocycles. The lowest BCUT2D eigenvalue weighted by atomic mass is 10.2. The summed E-state index contributed by atoms with van der Waals surface area (Å²) in [6, 6.07) is 5.77. The first-order valence-electron chi connectivity index (χ1n) is 9.04. The second-order valence-electron chi connectivity index (χ2n) is 6.71. The number of aromatic nitrogens is 2. The number of nitrogens with one attached hydrogen (secondary N) is 1. The van der Waals surface area contributed by atoms with Crippen LogP contribution in [0, 0.1) is 5.82 Å². The van der Waals surface area contributed by atoms with Crippen LogP contribution >= 0.6 is 11.3 Å². The summed E-state index contributed by atoms with van der Waals surface area (Å²) >= 11 is 1.36. The van der Waals surface area contributed by atoms with Crippen LogP contribution in [0.25, 0.3) is 0 Å². The van der Waals surface area contributed by atoms with Gasteiger partial charge in [0.15, 0.2) is 0 Å². The van der Waals surface area contributed by atoms with E-state index in [0.717, 1.165) is 31.4 Å². The molecule has 0 saturated carbocycles. The Morgan fingerprint density at radius 2 is 1.96 bits per heavy atom. The molecular weight excluding hydrogens is 369 g/mol. The molecule has 0 aliphatic carbocycles. The molecule has 7 nitrogen and oxygen atoms in total. The third kappa shape index (κ3) is 3.78. The smallest absolute Gasteiger partial charge is 0.243 e. The summed E-state index contributed by atoms with van der Waals surface area (Å²) in [5.41, 5.74) is 0.847. The van der Waals surface area contributed by atoms with Crippen molar-refractivity contribution in [1.29, 1.82) is 0 Å². The number of benzene rings is 1. The van der Waals surface area contributed by atoms with Crippen LogP contribution in [0.3, 0.4) is 0 Å². The van der Waals surface area contributed by atoms with E-state index in [1.54, 1.807) is 17.0 Å². The van der Waals surface area contributed by atoms with Gasteiger partial charge in [-0.15, -0.1) is 10.2 Å². The van der Waals surface area contributed by atoms with Crippen LogP contribution < -0.4 is 15.1 Å². The third-order valence-electron chi connectivity index (χ3n) is 4.89. The van der Waals surface area contributed by atoms with Gasteiger partial charge in [0, 0.05) is 26.1 Å². The largest absolute Gasteiger partial charge is 0.350 e. The molecule has 142 valence electrons. The summed E-state index contributed by atoms with van der Waals surface area (Å²) in [5.74, 6) is -0.297. The van der Waals surface area contributed by atoms with E-state index < -0.39 is 0 Å². The van der Waals surface area contributed by atoms with Crippen molar-refractivity contribution in [3.63, 3.8) is 0 Å². The molecule has 2 amide bonds. The van der Waals surface area contributed by atoms with E-state index in [-0.39, 0.29) is 23.7 Å². The topological polar surface area (TPSA) is 78.4 Å². The first-order valence-corrected chi connectivity index (χ1v) is 9.86. The Morgan fingerprint density at radius 3 is 2.70 bits per heavy atom. The van der Waals surface area contributed by atoms with E-state index >= 15 is 0 Å². The minimum Gasteiger partial charge on any atom is -0.350 e. The zero-order chi connectivity index (χ0) is 18.8. The van der Waals surface area contributed by atoms with E-state index in [1.165, 1.54) is 23.5 Å². The summed E-state index contributed by atoms with van der Waals surface area (Å²) < 4.78 is 13.0. The first kappa shape index (κ1) is 17.8. The molecule has 0 bridgehead atoms. The minimum absolute atomic E-state index is 0.0766. The van der Waals surface area contributed by atoms with E-state index in [0.29, 0.717) is 29.8 Å². The fraction of sp³-hybridized carbons (Fsp3) is 0.444. The zero-order valence-electron chi connectivity index (χ0n) is 14.7. The Balaban J connectivity index is 1.41. The van der Waals surface area contributed by atoms with Crippen LogP contribution in [0.1, 0.15) is 31.2 Å². The Bertz CT molecular complexity index is 841. The molecule has 1 aromatic heterocycles. The molecular formula is C18H20FN5O2S. The molecule has 1 aromatic carbocycles. The number of hydrogen-bond acceptors (Lipinski definition) is 6. The van der Waals surface area contributed by atoms with Crippen molar-refractivity contribution in [2.45, 2.75) is 38.3 Å². The summed E-state index contributed by atoms with van der Waals surface area (Å²) in [4.78, 5) is 28.2. The lowest BCUT2D eigenvalue weighted by molar-refractivity contribution is -0.122. The van der Waals surface area contributed by atoms with Crippen molar-refractivity contribution in [3.05, 3.63) is 35.6 Å². The van der Waals surface area contributed by atoms with E-state index in [1.807, 2.05) is 4.90 Å². The van der Waals surface area contributed by atoms with E-state index in [2.05, 4.69) is 15.5 Å². The van der Waals surface area contributed by atoms with Gasteiger partial charge in [-0.2, -0.15) is 0 Å². The van der Waals surface area contributed by atoms with Crippen molar-refractivity contribution < 1.29 is 14.0 Å². The summed E-state index contributed by atoms with van der Waals surface area (Å²) in [6.07, 6.45) is 3.03. The molecule has 2 fully saturated rings. The summed E-state index contributed by atoms with van der Waals surface area (Å²) in [7, 11) is 0. The van der Waals surface area contributed by atoms with Gasteiger partial charge in [0.05, 0.1) is 0 Å². The summed E-state index contributed by atoms with van der Waals surface area (Å²) in [5, 5.41) is 12.6. The molecule has 1 N–H and O–H groups in total. The maximum Gasteiger partial charge on any atom is 0.243 e. The average molecular weight is 389 g/mol. The molecule has 27 heavy (non-hydrogen) atoms. The molecule has 4 rings (SSSR count). The van der Waals surface area contributed by atoms with E-state index in [4.69, 9.17) is 0 Å². The van der Waals surface area contributed by atoms with Crippen LogP contribution in [-0.4, -0.2) is 41.1 Å². The normalized spacial score (nSPS) is 19.7. The Labute approximate surface area is 160 Å². The highest BCUT2D eigenvalue weighted by molar-refractivity contribution is 7.19. The third-order valence-corrected chi connectivity index (χ3v) is 5.87. The first-order chi connectivity index (χ1) is 13.1. The molecule has 0 unspecified atom stereocenters. The number of carbonyl (C=O) groups excluding carboxylic acids is 2. The van der Waals surface area contributed by atoms with Gasteiger partial charge in [-0.25, -0.2) is 4.39 Å². The van der Waals surface area contributed by atoms with Crippen molar-refractivity contribution in [1.82, 2.24) is 15.5 Å². The van der Waals surface area contributed by atoms with Gasteiger partial charge in [-0.1, -0.05) is 23.5 Å². The predicted molar refractivity (Wildman–Crippen MR) is 100 cm³/mol. The van der Waals surface area contributed by atoms with Crippen LogP contribution in [-0.2, 0) is 16.1 Å². The van der Waals surface area contributed by atoms with Gasteiger partial charge >= 0.3 is 0 Å². The number of carbonyl (C=O) groups is 2. The molecule has 0 spiro atoms. The second-order valence-corrected chi connectivity index (χ2v) is 7.65. The van der Waals surface area contributed by atoms with Gasteiger partial charge in [0.2, 0.25) is 22.1 Å². The number of rotatable bonds is 5. The van der Waals surface area contributed by atoms with E-state index in [9.17, 15) is 14.0 Å². The zero-order valence-corrected chi connectivity index (χ0v) is 15.5. The summed E-state index contributed by atoms with van der Waals surface area (Å²) in [6.45, 7) is 1.76. The maximum absolute atomic E-state index is 13.0. The van der Waals surface area contributed by atoms with Gasteiger partial charge < -0.3 is 10.2 Å². The van der Waals surface area contributed by atoms with Crippen molar-refractivity contribution in [3.8, 4) is 0 Å². The van der Waals surface area contributed by atoms with Crippen molar-refractivity contribution in [2.75, 3.05) is 22.9 Å². The van der Waals surface area contributed by atoms with Gasteiger partial charge in [-0.05, 0) is 37.0 Å². The van der Waals surface area contributed by atoms with Gasteiger partial charge in [0.1, 0.15) is 11.9 Å². The molecule has 0 radical (unpaired) electrons. The van der Waals surface area contributed by atoms with Gasteiger partial charge in [0.25, 0.3) is 0 Å². The maximum atomic E-state index is 13.0. The molecule has 2 aromatic rings. The lowest BCUT2D eigenvalue weighted by Crippen LogP contribution is -2.43. The number of anilines is 2. The SMILES string of the molecule is O=C(NCc1ccc(F)cc1)[C@@H]1CCCN1c1nnc(N2CCCC2=O)s1. The van der Waals surface area contributed by atoms with Crippen LogP contribution in [0.15, 0.2) is 24.3 Å². The minimum atomic E-state index is -0.305.